The van der Waals surface area contributed by atoms with E-state index in [2.05, 4.69) is 0 Å². The van der Waals surface area contributed by atoms with Crippen molar-refractivity contribution >= 4 is 27.8 Å². The van der Waals surface area contributed by atoms with Gasteiger partial charge in [0.15, 0.2) is 0 Å². The lowest BCUT2D eigenvalue weighted by atomic mass is 10.1. The molecule has 9 heteroatoms. The first-order chi connectivity index (χ1) is 17.7. The lowest BCUT2D eigenvalue weighted by molar-refractivity contribution is -0.142. The third-order valence-electron chi connectivity index (χ3n) is 5.37. The minimum atomic E-state index is -3.56. The van der Waals surface area contributed by atoms with Gasteiger partial charge in [-0.2, -0.15) is 8.42 Å². The summed E-state index contributed by atoms with van der Waals surface area (Å²) in [4.78, 5) is 12.5. The van der Waals surface area contributed by atoms with Crippen molar-refractivity contribution in [3.8, 4) is 17.2 Å². The van der Waals surface area contributed by atoms with Gasteiger partial charge in [-0.05, 0) is 78.6 Å². The molecular weight excluding hydrogens is 512 g/mol. The molecule has 0 heterocycles. The number of hydrogen-bond donors (Lipinski definition) is 1. The van der Waals surface area contributed by atoms with E-state index in [-0.39, 0.29) is 22.7 Å². The monoisotopic (exact) mass is 544 g/mol. The SMILES string of the molecule is CCOC(=O)[C@H](Cc1ccc(CCOc2ccc(OS(C)(=O)=O)cc2)cc1)SCCc1ccc(O)cc1. The van der Waals surface area contributed by atoms with Gasteiger partial charge < -0.3 is 18.8 Å². The van der Waals surface area contributed by atoms with Gasteiger partial charge in [-0.3, -0.25) is 4.79 Å². The Kier molecular flexibility index (Phi) is 10.7. The molecule has 37 heavy (non-hydrogen) atoms. The smallest absolute Gasteiger partial charge is 0.319 e. The number of aromatic hydroxyl groups is 1. The van der Waals surface area contributed by atoms with Crippen LogP contribution in [0.1, 0.15) is 23.6 Å². The van der Waals surface area contributed by atoms with E-state index in [1.165, 1.54) is 0 Å². The normalized spacial score (nSPS) is 12.1. The van der Waals surface area contributed by atoms with E-state index < -0.39 is 10.1 Å². The molecule has 1 N–H and O–H groups in total. The van der Waals surface area contributed by atoms with Crippen LogP contribution >= 0.6 is 11.8 Å². The topological polar surface area (TPSA) is 99.1 Å². The first kappa shape index (κ1) is 28.4. The quantitative estimate of drug-likeness (QED) is 0.228. The summed E-state index contributed by atoms with van der Waals surface area (Å²) in [6.07, 6.45) is 3.08. The van der Waals surface area contributed by atoms with Gasteiger partial charge in [0, 0.05) is 6.42 Å². The third-order valence-corrected chi connectivity index (χ3v) is 7.07. The molecule has 0 saturated carbocycles. The molecule has 198 valence electrons. The predicted octanol–water partition coefficient (Wildman–Crippen LogP) is 4.80. The van der Waals surface area contributed by atoms with E-state index in [0.29, 0.717) is 31.8 Å². The first-order valence-electron chi connectivity index (χ1n) is 12.0. The van der Waals surface area contributed by atoms with Crippen LogP contribution in [0.4, 0.5) is 0 Å². The number of phenols is 1. The van der Waals surface area contributed by atoms with Crippen LogP contribution < -0.4 is 8.92 Å². The second-order valence-corrected chi connectivity index (χ2v) is 11.3. The Balaban J connectivity index is 1.48. The largest absolute Gasteiger partial charge is 0.508 e. The maximum absolute atomic E-state index is 12.5. The van der Waals surface area contributed by atoms with E-state index in [9.17, 15) is 18.3 Å². The molecule has 0 spiro atoms. The van der Waals surface area contributed by atoms with Crippen LogP contribution in [0, 0.1) is 0 Å². The lowest BCUT2D eigenvalue weighted by Crippen LogP contribution is -2.23. The van der Waals surface area contributed by atoms with E-state index in [0.717, 1.165) is 35.1 Å². The highest BCUT2D eigenvalue weighted by molar-refractivity contribution is 8.00. The van der Waals surface area contributed by atoms with E-state index >= 15 is 0 Å². The molecule has 3 aromatic rings. The molecule has 0 aliphatic heterocycles. The van der Waals surface area contributed by atoms with Crippen LogP contribution in [0.2, 0.25) is 0 Å². The highest BCUT2D eigenvalue weighted by atomic mass is 32.2. The Morgan fingerprint density at radius 2 is 1.43 bits per heavy atom. The predicted molar refractivity (Wildman–Crippen MR) is 146 cm³/mol. The van der Waals surface area contributed by atoms with Crippen molar-refractivity contribution in [1.82, 2.24) is 0 Å². The number of thioether (sulfide) groups is 1. The van der Waals surface area contributed by atoms with Crippen LogP contribution in [-0.2, 0) is 38.9 Å². The van der Waals surface area contributed by atoms with Crippen LogP contribution in [0.15, 0.2) is 72.8 Å². The van der Waals surface area contributed by atoms with E-state index in [1.54, 1.807) is 48.2 Å². The molecule has 0 unspecified atom stereocenters. The maximum atomic E-state index is 12.5. The van der Waals surface area contributed by atoms with Gasteiger partial charge in [-0.1, -0.05) is 36.4 Å². The minimum Gasteiger partial charge on any atom is -0.508 e. The highest BCUT2D eigenvalue weighted by Crippen LogP contribution is 2.22. The van der Waals surface area contributed by atoms with Gasteiger partial charge in [0.1, 0.15) is 22.5 Å². The van der Waals surface area contributed by atoms with Gasteiger partial charge in [0.2, 0.25) is 0 Å². The fourth-order valence-corrected chi connectivity index (χ4v) is 5.15. The molecule has 0 bridgehead atoms. The zero-order valence-corrected chi connectivity index (χ0v) is 22.6. The summed E-state index contributed by atoms with van der Waals surface area (Å²) in [5, 5.41) is 9.14. The first-order valence-corrected chi connectivity index (χ1v) is 14.8. The summed E-state index contributed by atoms with van der Waals surface area (Å²) in [5.74, 6) is 1.67. The van der Waals surface area contributed by atoms with Gasteiger partial charge in [-0.15, -0.1) is 11.8 Å². The third kappa shape index (κ3) is 10.4. The van der Waals surface area contributed by atoms with Crippen LogP contribution in [0.5, 0.6) is 17.2 Å². The number of carbonyl (C=O) groups is 1. The van der Waals surface area contributed by atoms with Crippen molar-refractivity contribution in [2.45, 2.75) is 31.4 Å². The molecule has 0 radical (unpaired) electrons. The molecule has 3 aromatic carbocycles. The van der Waals surface area contributed by atoms with Crippen molar-refractivity contribution < 1.29 is 32.0 Å². The Morgan fingerprint density at radius 3 is 2.05 bits per heavy atom. The van der Waals surface area contributed by atoms with E-state index in [1.807, 2.05) is 43.3 Å². The Labute approximate surface area is 222 Å². The second kappa shape index (κ2) is 13.9. The summed E-state index contributed by atoms with van der Waals surface area (Å²) < 4.78 is 38.2. The molecule has 0 aliphatic carbocycles. The standard InChI is InChI=1S/C28H32O7S2/c1-3-33-28(30)27(36-19-17-22-8-10-24(29)11-9-22)20-23-6-4-21(5-7-23)16-18-34-25-12-14-26(15-13-25)35-37(2,31)32/h4-15,27,29H,3,16-20H2,1-2H3/t27-/m0/s1. The average molecular weight is 545 g/mol. The maximum Gasteiger partial charge on any atom is 0.319 e. The molecule has 0 aromatic heterocycles. The molecule has 0 aliphatic rings. The highest BCUT2D eigenvalue weighted by Gasteiger charge is 2.21. The summed E-state index contributed by atoms with van der Waals surface area (Å²) >= 11 is 1.58. The number of hydrogen-bond acceptors (Lipinski definition) is 8. The van der Waals surface area contributed by atoms with Crippen molar-refractivity contribution in [1.29, 1.82) is 0 Å². The Hall–Kier alpha value is -3.17. The van der Waals surface area contributed by atoms with Crippen molar-refractivity contribution in [2.75, 3.05) is 25.2 Å². The molecule has 0 saturated heterocycles. The number of phenolic OH excluding ortho intramolecular Hbond substituents is 1. The minimum absolute atomic E-state index is 0.205. The summed E-state index contributed by atoms with van der Waals surface area (Å²) in [7, 11) is -3.56. The zero-order chi connectivity index (χ0) is 26.7. The molecule has 0 amide bonds. The van der Waals surface area contributed by atoms with Gasteiger partial charge in [0.05, 0.1) is 19.5 Å². The van der Waals surface area contributed by atoms with Crippen molar-refractivity contribution in [2.24, 2.45) is 0 Å². The number of rotatable bonds is 14. The Bertz CT molecular complexity index is 1220. The molecule has 0 fully saturated rings. The summed E-state index contributed by atoms with van der Waals surface area (Å²) in [6.45, 7) is 2.62. The van der Waals surface area contributed by atoms with Gasteiger partial charge >= 0.3 is 16.1 Å². The number of benzene rings is 3. The lowest BCUT2D eigenvalue weighted by Gasteiger charge is -2.16. The van der Waals surface area contributed by atoms with E-state index in [4.69, 9.17) is 13.7 Å². The number of aryl methyl sites for hydroxylation is 1. The van der Waals surface area contributed by atoms with Crippen molar-refractivity contribution in [3.63, 3.8) is 0 Å². The van der Waals surface area contributed by atoms with Crippen LogP contribution in [-0.4, -0.2) is 50.0 Å². The van der Waals surface area contributed by atoms with Crippen LogP contribution in [0.3, 0.4) is 0 Å². The zero-order valence-electron chi connectivity index (χ0n) is 21.0. The Morgan fingerprint density at radius 1 is 0.865 bits per heavy atom. The summed E-state index contributed by atoms with van der Waals surface area (Å²) in [6, 6.07) is 21.7. The molecular formula is C28H32O7S2. The number of carbonyl (C=O) groups excluding carboxylic acids is 1. The molecule has 7 nitrogen and oxygen atoms in total. The summed E-state index contributed by atoms with van der Waals surface area (Å²) in [5.41, 5.74) is 3.27. The molecule has 1 atom stereocenters. The average Bonchev–Trinajstić information content (AvgIpc) is 2.86. The number of ether oxygens (including phenoxy) is 2. The fraction of sp³-hybridized carbons (Fsp3) is 0.321. The van der Waals surface area contributed by atoms with Crippen LogP contribution in [0.25, 0.3) is 0 Å². The van der Waals surface area contributed by atoms with Crippen molar-refractivity contribution in [3.05, 3.63) is 89.5 Å². The fourth-order valence-electron chi connectivity index (χ4n) is 3.54. The van der Waals surface area contributed by atoms with Gasteiger partial charge in [-0.25, -0.2) is 0 Å². The second-order valence-electron chi connectivity index (χ2n) is 8.41. The van der Waals surface area contributed by atoms with Gasteiger partial charge in [0.25, 0.3) is 0 Å². The number of esters is 1. The molecule has 3 rings (SSSR count).